The molecule has 110 valence electrons. The van der Waals surface area contributed by atoms with Gasteiger partial charge in [-0.25, -0.2) is 0 Å². The zero-order valence-electron chi connectivity index (χ0n) is 13.2. The molecule has 0 atom stereocenters. The molecule has 0 heterocycles. The third kappa shape index (κ3) is 16.6. The summed E-state index contributed by atoms with van der Waals surface area (Å²) in [6, 6.07) is 8.80. The summed E-state index contributed by atoms with van der Waals surface area (Å²) < 4.78 is 0. The molecule has 0 spiro atoms. The molecule has 0 saturated heterocycles. The van der Waals surface area contributed by atoms with Crippen LogP contribution in [0.4, 0.5) is 0 Å². The van der Waals surface area contributed by atoms with Crippen molar-refractivity contribution >= 4 is 6.47 Å². The van der Waals surface area contributed by atoms with E-state index in [-0.39, 0.29) is 6.47 Å². The standard InChI is InChI=1S/C13H20.C2H7N.CH2O2/c1-11-6-5-7-12(10-11)8-9-13(2,3)4;1-3-2;2-1-3/h5-7,10H,8-9H2,1-4H3;3H,1-2H3;1H,(H,2,3). The first kappa shape index (κ1) is 20.0. The number of benzene rings is 1. The van der Waals surface area contributed by atoms with Crippen LogP contribution in [-0.2, 0) is 11.2 Å². The van der Waals surface area contributed by atoms with Crippen molar-refractivity contribution < 1.29 is 9.90 Å². The normalized spacial score (nSPS) is 9.58. The second-order valence-corrected chi connectivity index (χ2v) is 5.66. The fraction of sp³-hybridized carbons (Fsp3) is 0.562. The Morgan fingerprint density at radius 1 is 1.26 bits per heavy atom. The summed E-state index contributed by atoms with van der Waals surface area (Å²) in [5, 5.41) is 9.64. The molecule has 1 rings (SSSR count). The van der Waals surface area contributed by atoms with Crippen molar-refractivity contribution in [2.24, 2.45) is 5.41 Å². The van der Waals surface area contributed by atoms with Crippen LogP contribution in [0.25, 0.3) is 0 Å². The van der Waals surface area contributed by atoms with Crippen LogP contribution in [0.1, 0.15) is 38.3 Å². The van der Waals surface area contributed by atoms with E-state index in [0.29, 0.717) is 5.41 Å². The quantitative estimate of drug-likeness (QED) is 0.806. The number of hydrogen-bond acceptors (Lipinski definition) is 2. The van der Waals surface area contributed by atoms with Crippen LogP contribution in [0.5, 0.6) is 0 Å². The third-order valence-corrected chi connectivity index (χ3v) is 2.25. The van der Waals surface area contributed by atoms with E-state index in [1.165, 1.54) is 24.0 Å². The molecule has 0 fully saturated rings. The SMILES string of the molecule is CNC.Cc1cccc(CCC(C)(C)C)c1.O=CO. The van der Waals surface area contributed by atoms with Crippen LogP contribution in [0.15, 0.2) is 24.3 Å². The molecule has 0 bridgehead atoms. The average Bonchev–Trinajstić information content (AvgIpc) is 2.28. The molecule has 0 aliphatic carbocycles. The summed E-state index contributed by atoms with van der Waals surface area (Å²) in [6.07, 6.45) is 2.46. The summed E-state index contributed by atoms with van der Waals surface area (Å²) in [6.45, 7) is 8.79. The van der Waals surface area contributed by atoms with Gasteiger partial charge >= 0.3 is 0 Å². The molecule has 1 aromatic rings. The Kier molecular flexibility index (Phi) is 12.3. The Labute approximate surface area is 118 Å². The fourth-order valence-electron chi connectivity index (χ4n) is 1.39. The average molecular weight is 267 g/mol. The lowest BCUT2D eigenvalue weighted by molar-refractivity contribution is -0.122. The summed E-state index contributed by atoms with van der Waals surface area (Å²) in [4.78, 5) is 8.36. The highest BCUT2D eigenvalue weighted by atomic mass is 16.3. The second-order valence-electron chi connectivity index (χ2n) is 5.66. The van der Waals surface area contributed by atoms with E-state index in [4.69, 9.17) is 9.90 Å². The van der Waals surface area contributed by atoms with Gasteiger partial charge in [0.15, 0.2) is 0 Å². The number of hydrogen-bond donors (Lipinski definition) is 2. The van der Waals surface area contributed by atoms with Crippen LogP contribution >= 0.6 is 0 Å². The predicted octanol–water partition coefficient (Wildman–Crippen LogP) is 3.51. The highest BCUT2D eigenvalue weighted by Crippen LogP contribution is 2.21. The number of nitrogens with one attached hydrogen (secondary N) is 1. The molecule has 0 aliphatic heterocycles. The van der Waals surface area contributed by atoms with Crippen molar-refractivity contribution in [2.75, 3.05) is 14.1 Å². The molecule has 0 aromatic heterocycles. The van der Waals surface area contributed by atoms with Crippen LogP contribution < -0.4 is 5.32 Å². The van der Waals surface area contributed by atoms with Crippen LogP contribution in [-0.4, -0.2) is 25.7 Å². The lowest BCUT2D eigenvalue weighted by Crippen LogP contribution is -2.06. The zero-order valence-corrected chi connectivity index (χ0v) is 13.2. The maximum atomic E-state index is 8.36. The second kappa shape index (κ2) is 11.7. The first-order chi connectivity index (χ1) is 8.80. The zero-order chi connectivity index (χ0) is 15.3. The van der Waals surface area contributed by atoms with E-state index in [9.17, 15) is 0 Å². The highest BCUT2D eigenvalue weighted by Gasteiger charge is 2.09. The van der Waals surface area contributed by atoms with Crippen molar-refractivity contribution in [1.82, 2.24) is 5.32 Å². The van der Waals surface area contributed by atoms with Crippen LogP contribution in [0, 0.1) is 12.3 Å². The van der Waals surface area contributed by atoms with E-state index in [1.54, 1.807) is 0 Å². The minimum absolute atomic E-state index is 0.250. The van der Waals surface area contributed by atoms with E-state index >= 15 is 0 Å². The lowest BCUT2D eigenvalue weighted by atomic mass is 9.88. The Balaban J connectivity index is 0. The fourth-order valence-corrected chi connectivity index (χ4v) is 1.39. The first-order valence-electron chi connectivity index (χ1n) is 6.52. The molecule has 0 radical (unpaired) electrons. The number of aryl methyl sites for hydroxylation is 2. The molecule has 3 nitrogen and oxygen atoms in total. The van der Waals surface area contributed by atoms with E-state index in [0.717, 1.165) is 0 Å². The molecule has 0 amide bonds. The summed E-state index contributed by atoms with van der Waals surface area (Å²) >= 11 is 0. The molecular formula is C16H29NO2. The van der Waals surface area contributed by atoms with Gasteiger partial charge < -0.3 is 10.4 Å². The van der Waals surface area contributed by atoms with E-state index < -0.39 is 0 Å². The maximum Gasteiger partial charge on any atom is 0.290 e. The predicted molar refractivity (Wildman–Crippen MR) is 82.6 cm³/mol. The molecule has 0 unspecified atom stereocenters. The van der Waals surface area contributed by atoms with Gasteiger partial charge in [-0.1, -0.05) is 50.6 Å². The molecule has 2 N–H and O–H groups in total. The number of rotatable bonds is 2. The monoisotopic (exact) mass is 267 g/mol. The van der Waals surface area contributed by atoms with Gasteiger partial charge in [0.2, 0.25) is 0 Å². The smallest absolute Gasteiger partial charge is 0.290 e. The molecule has 19 heavy (non-hydrogen) atoms. The highest BCUT2D eigenvalue weighted by molar-refractivity contribution is 5.32. The van der Waals surface area contributed by atoms with Crippen LogP contribution in [0.3, 0.4) is 0 Å². The largest absolute Gasteiger partial charge is 0.483 e. The minimum Gasteiger partial charge on any atom is -0.483 e. The van der Waals surface area contributed by atoms with Gasteiger partial charge in [0.1, 0.15) is 0 Å². The summed E-state index contributed by atoms with van der Waals surface area (Å²) in [5.74, 6) is 0. The van der Waals surface area contributed by atoms with E-state index in [1.807, 2.05) is 14.1 Å². The van der Waals surface area contributed by atoms with Gasteiger partial charge in [0.25, 0.3) is 6.47 Å². The van der Waals surface area contributed by atoms with Gasteiger partial charge in [0.05, 0.1) is 0 Å². The molecular weight excluding hydrogens is 238 g/mol. The molecule has 0 aliphatic rings. The topological polar surface area (TPSA) is 49.3 Å². The first-order valence-corrected chi connectivity index (χ1v) is 6.52. The van der Waals surface area contributed by atoms with Gasteiger partial charge in [-0.3, -0.25) is 4.79 Å². The number of carboxylic acid groups (broad SMARTS) is 1. The summed E-state index contributed by atoms with van der Waals surface area (Å²) in [5.41, 5.74) is 3.28. The van der Waals surface area contributed by atoms with Gasteiger partial charge in [-0.2, -0.15) is 0 Å². The van der Waals surface area contributed by atoms with E-state index in [2.05, 4.69) is 57.3 Å². The Bertz CT molecular complexity index is 330. The Morgan fingerprint density at radius 3 is 2.11 bits per heavy atom. The van der Waals surface area contributed by atoms with Gasteiger partial charge in [-0.05, 0) is 44.8 Å². The van der Waals surface area contributed by atoms with Crippen molar-refractivity contribution in [3.8, 4) is 0 Å². The van der Waals surface area contributed by atoms with Crippen LogP contribution in [0.2, 0.25) is 0 Å². The van der Waals surface area contributed by atoms with Gasteiger partial charge in [-0.15, -0.1) is 0 Å². The molecule has 0 saturated carbocycles. The Hall–Kier alpha value is -1.35. The minimum atomic E-state index is -0.250. The lowest BCUT2D eigenvalue weighted by Gasteiger charge is -2.17. The molecule has 3 heteroatoms. The van der Waals surface area contributed by atoms with Crippen molar-refractivity contribution in [3.05, 3.63) is 35.4 Å². The van der Waals surface area contributed by atoms with Crippen molar-refractivity contribution in [3.63, 3.8) is 0 Å². The van der Waals surface area contributed by atoms with Gasteiger partial charge in [0, 0.05) is 0 Å². The number of carbonyl (C=O) groups is 1. The van der Waals surface area contributed by atoms with Crippen molar-refractivity contribution in [1.29, 1.82) is 0 Å². The Morgan fingerprint density at radius 2 is 1.74 bits per heavy atom. The molecule has 1 aromatic carbocycles. The van der Waals surface area contributed by atoms with Crippen molar-refractivity contribution in [2.45, 2.75) is 40.5 Å². The summed E-state index contributed by atoms with van der Waals surface area (Å²) in [7, 11) is 3.75. The third-order valence-electron chi connectivity index (χ3n) is 2.25. The maximum absolute atomic E-state index is 8.36.